The van der Waals surface area contributed by atoms with Crippen LogP contribution in [0.4, 0.5) is 0 Å². The number of methoxy groups -OCH3 is 1. The summed E-state index contributed by atoms with van der Waals surface area (Å²) in [5.74, 6) is 1.90. The Morgan fingerprint density at radius 3 is 2.83 bits per heavy atom. The van der Waals surface area contributed by atoms with E-state index in [1.807, 2.05) is 24.3 Å². The van der Waals surface area contributed by atoms with Crippen LogP contribution < -0.4 is 10.1 Å². The van der Waals surface area contributed by atoms with E-state index in [1.165, 1.54) is 0 Å². The Labute approximate surface area is 141 Å². The predicted molar refractivity (Wildman–Crippen MR) is 93.0 cm³/mol. The maximum Gasteiger partial charge on any atom is 0.225 e. The molecule has 1 heterocycles. The van der Waals surface area contributed by atoms with Crippen LogP contribution in [-0.4, -0.2) is 18.8 Å². The number of ether oxygens (including phenoxy) is 1. The first kappa shape index (κ1) is 17.4. The lowest BCUT2D eigenvalue weighted by Crippen LogP contribution is -2.31. The highest BCUT2D eigenvalue weighted by Crippen LogP contribution is 2.39. The number of hydrogen-bond donors (Lipinski definition) is 1. The van der Waals surface area contributed by atoms with Crippen molar-refractivity contribution in [1.82, 2.24) is 5.32 Å². The van der Waals surface area contributed by atoms with Gasteiger partial charge in [-0.1, -0.05) is 32.0 Å². The number of carbonyl (C=O) groups excluding carboxylic acids is 1. The minimum atomic E-state index is -0.244. The van der Waals surface area contributed by atoms with E-state index in [4.69, 9.17) is 4.74 Å². The summed E-state index contributed by atoms with van der Waals surface area (Å²) in [5, 5.41) is 13.2. The number of nitriles is 1. The second-order valence-electron chi connectivity index (χ2n) is 5.93. The molecule has 5 heteroatoms. The second kappa shape index (κ2) is 8.07. The van der Waals surface area contributed by atoms with Gasteiger partial charge in [0.05, 0.1) is 23.8 Å². The van der Waals surface area contributed by atoms with Gasteiger partial charge in [0.1, 0.15) is 5.75 Å². The van der Waals surface area contributed by atoms with Crippen LogP contribution in [-0.2, 0) is 4.79 Å². The SMILES string of the molecule is COc1ccccc1[C@H]1CC(=O)NC(SCCC(C)C)=C1C#N. The first-order valence-electron chi connectivity index (χ1n) is 7.76. The van der Waals surface area contributed by atoms with Gasteiger partial charge in [0.15, 0.2) is 0 Å². The summed E-state index contributed by atoms with van der Waals surface area (Å²) in [4.78, 5) is 12.1. The van der Waals surface area contributed by atoms with Crippen molar-refractivity contribution in [3.63, 3.8) is 0 Å². The van der Waals surface area contributed by atoms with Crippen molar-refractivity contribution in [2.45, 2.75) is 32.6 Å². The Balaban J connectivity index is 2.34. The predicted octanol–water partition coefficient (Wildman–Crippen LogP) is 3.81. The van der Waals surface area contributed by atoms with Gasteiger partial charge in [0.25, 0.3) is 0 Å². The van der Waals surface area contributed by atoms with Crippen LogP contribution in [0.5, 0.6) is 5.75 Å². The van der Waals surface area contributed by atoms with Gasteiger partial charge in [-0.25, -0.2) is 0 Å². The summed E-state index contributed by atoms with van der Waals surface area (Å²) >= 11 is 1.56. The first-order valence-corrected chi connectivity index (χ1v) is 8.75. The van der Waals surface area contributed by atoms with Gasteiger partial charge < -0.3 is 10.1 Å². The van der Waals surface area contributed by atoms with E-state index in [0.717, 1.165) is 17.7 Å². The van der Waals surface area contributed by atoms with Crippen LogP contribution in [0, 0.1) is 17.2 Å². The quantitative estimate of drug-likeness (QED) is 0.861. The molecule has 2 rings (SSSR count). The molecule has 23 heavy (non-hydrogen) atoms. The van der Waals surface area contributed by atoms with Gasteiger partial charge in [0, 0.05) is 17.9 Å². The third-order valence-corrected chi connectivity index (χ3v) is 4.86. The fourth-order valence-electron chi connectivity index (χ4n) is 2.55. The highest BCUT2D eigenvalue weighted by molar-refractivity contribution is 8.03. The molecule has 0 saturated carbocycles. The van der Waals surface area contributed by atoms with Gasteiger partial charge in [0.2, 0.25) is 5.91 Å². The van der Waals surface area contributed by atoms with Crippen molar-refractivity contribution in [3.05, 3.63) is 40.4 Å². The summed E-state index contributed by atoms with van der Waals surface area (Å²) < 4.78 is 5.40. The third kappa shape index (κ3) is 4.29. The van der Waals surface area contributed by atoms with E-state index in [0.29, 0.717) is 22.3 Å². The fraction of sp³-hybridized carbons (Fsp3) is 0.444. The number of allylic oxidation sites excluding steroid dienone is 1. The normalized spacial score (nSPS) is 17.9. The van der Waals surface area contributed by atoms with Crippen molar-refractivity contribution >= 4 is 17.7 Å². The average Bonchev–Trinajstić information content (AvgIpc) is 2.54. The molecule has 4 nitrogen and oxygen atoms in total. The zero-order valence-corrected chi connectivity index (χ0v) is 14.6. The zero-order chi connectivity index (χ0) is 16.8. The second-order valence-corrected chi connectivity index (χ2v) is 7.04. The average molecular weight is 330 g/mol. The molecule has 0 spiro atoms. The van der Waals surface area contributed by atoms with Crippen LogP contribution in [0.15, 0.2) is 34.9 Å². The molecule has 1 N–H and O–H groups in total. The molecule has 1 atom stereocenters. The Morgan fingerprint density at radius 1 is 1.43 bits per heavy atom. The molecule has 1 aromatic carbocycles. The summed E-state index contributed by atoms with van der Waals surface area (Å²) in [5.41, 5.74) is 1.52. The number of carbonyl (C=O) groups is 1. The summed E-state index contributed by atoms with van der Waals surface area (Å²) in [6.07, 6.45) is 1.32. The highest BCUT2D eigenvalue weighted by atomic mass is 32.2. The zero-order valence-electron chi connectivity index (χ0n) is 13.8. The minimum absolute atomic E-state index is 0.0491. The van der Waals surface area contributed by atoms with Crippen LogP contribution in [0.2, 0.25) is 0 Å². The van der Waals surface area contributed by atoms with E-state index >= 15 is 0 Å². The third-order valence-electron chi connectivity index (χ3n) is 3.81. The molecule has 0 radical (unpaired) electrons. The number of benzene rings is 1. The summed E-state index contributed by atoms with van der Waals surface area (Å²) in [6, 6.07) is 9.89. The van der Waals surface area contributed by atoms with Crippen molar-refractivity contribution in [3.8, 4) is 11.8 Å². The maximum absolute atomic E-state index is 12.1. The number of nitrogens with one attached hydrogen (secondary N) is 1. The number of amides is 1. The summed E-state index contributed by atoms with van der Waals surface area (Å²) in [6.45, 7) is 4.33. The van der Waals surface area contributed by atoms with E-state index in [9.17, 15) is 10.1 Å². The Bertz CT molecular complexity index is 647. The van der Waals surface area contributed by atoms with Crippen molar-refractivity contribution < 1.29 is 9.53 Å². The first-order chi connectivity index (χ1) is 11.1. The lowest BCUT2D eigenvalue weighted by Gasteiger charge is -2.26. The largest absolute Gasteiger partial charge is 0.496 e. The fourth-order valence-corrected chi connectivity index (χ4v) is 3.87. The van der Waals surface area contributed by atoms with Gasteiger partial charge in [-0.3, -0.25) is 4.79 Å². The van der Waals surface area contributed by atoms with Gasteiger partial charge in [-0.2, -0.15) is 5.26 Å². The molecule has 1 amide bonds. The highest BCUT2D eigenvalue weighted by Gasteiger charge is 2.31. The van der Waals surface area contributed by atoms with Crippen molar-refractivity contribution in [2.24, 2.45) is 5.92 Å². The number of thioether (sulfide) groups is 1. The molecule has 0 saturated heterocycles. The number of hydrogen-bond acceptors (Lipinski definition) is 4. The van der Waals surface area contributed by atoms with Crippen LogP contribution in [0.25, 0.3) is 0 Å². The number of rotatable bonds is 6. The molecule has 0 unspecified atom stereocenters. The molecule has 0 bridgehead atoms. The molecule has 0 aromatic heterocycles. The van der Waals surface area contributed by atoms with Gasteiger partial charge in [-0.15, -0.1) is 11.8 Å². The van der Waals surface area contributed by atoms with Crippen LogP contribution >= 0.6 is 11.8 Å². The van der Waals surface area contributed by atoms with Crippen LogP contribution in [0.1, 0.15) is 38.2 Å². The lowest BCUT2D eigenvalue weighted by molar-refractivity contribution is -0.120. The molecule has 0 fully saturated rings. The van der Waals surface area contributed by atoms with E-state index < -0.39 is 0 Å². The molecule has 1 aromatic rings. The van der Waals surface area contributed by atoms with Gasteiger partial charge >= 0.3 is 0 Å². The molecule has 122 valence electrons. The van der Waals surface area contributed by atoms with E-state index in [-0.39, 0.29) is 18.2 Å². The Kier molecular flexibility index (Phi) is 6.12. The maximum atomic E-state index is 12.1. The standard InChI is InChI=1S/C18H22N2O2S/c1-12(2)8-9-23-18-15(11-19)14(10-17(21)20-18)13-6-4-5-7-16(13)22-3/h4-7,12,14H,8-10H2,1-3H3,(H,20,21)/t14-/m1/s1. The molecule has 0 aliphatic carbocycles. The van der Waals surface area contributed by atoms with Crippen LogP contribution in [0.3, 0.4) is 0 Å². The molecule has 1 aliphatic rings. The lowest BCUT2D eigenvalue weighted by atomic mass is 9.86. The van der Waals surface area contributed by atoms with E-state index in [2.05, 4.69) is 25.2 Å². The molecule has 1 aliphatic heterocycles. The topological polar surface area (TPSA) is 62.1 Å². The van der Waals surface area contributed by atoms with E-state index in [1.54, 1.807) is 18.9 Å². The number of nitrogens with zero attached hydrogens (tertiary/aromatic N) is 1. The number of para-hydroxylation sites is 1. The van der Waals surface area contributed by atoms with Gasteiger partial charge in [-0.05, 0) is 24.2 Å². The smallest absolute Gasteiger partial charge is 0.225 e. The Morgan fingerprint density at radius 2 is 2.17 bits per heavy atom. The molecular weight excluding hydrogens is 308 g/mol. The van der Waals surface area contributed by atoms with Crippen molar-refractivity contribution in [1.29, 1.82) is 5.26 Å². The summed E-state index contributed by atoms with van der Waals surface area (Å²) in [7, 11) is 1.61. The monoisotopic (exact) mass is 330 g/mol. The Hall–Kier alpha value is -1.93. The van der Waals surface area contributed by atoms with Crippen molar-refractivity contribution in [2.75, 3.05) is 12.9 Å². The molecular formula is C18H22N2O2S. The minimum Gasteiger partial charge on any atom is -0.496 e.